The van der Waals surface area contributed by atoms with Crippen LogP contribution in [0.2, 0.25) is 0 Å². The molecule has 1 amide bonds. The maximum absolute atomic E-state index is 12.3. The zero-order valence-corrected chi connectivity index (χ0v) is 13.6. The van der Waals surface area contributed by atoms with Gasteiger partial charge in [-0.05, 0) is 42.8 Å². The average molecular weight is 338 g/mol. The largest absolute Gasteiger partial charge is 0.476 e. The van der Waals surface area contributed by atoms with Gasteiger partial charge in [-0.3, -0.25) is 4.79 Å². The molecule has 5 nitrogen and oxygen atoms in total. The summed E-state index contributed by atoms with van der Waals surface area (Å²) in [6.07, 6.45) is 0. The molecule has 24 heavy (non-hydrogen) atoms. The van der Waals surface area contributed by atoms with Crippen molar-refractivity contribution in [1.82, 2.24) is 4.98 Å². The summed E-state index contributed by atoms with van der Waals surface area (Å²) in [6.45, 7) is 1.89. The van der Waals surface area contributed by atoms with Crippen molar-refractivity contribution in [1.29, 1.82) is 0 Å². The summed E-state index contributed by atoms with van der Waals surface area (Å²) in [5, 5.41) is 13.9. The minimum absolute atomic E-state index is 0.0342. The van der Waals surface area contributed by atoms with E-state index in [2.05, 4.69) is 10.3 Å². The van der Waals surface area contributed by atoms with Gasteiger partial charge in [0.25, 0.3) is 5.91 Å². The van der Waals surface area contributed by atoms with Crippen LogP contribution in [0.25, 0.3) is 10.6 Å². The molecule has 0 saturated heterocycles. The second-order valence-electron chi connectivity index (χ2n) is 5.19. The number of aromatic carboxylic acids is 1. The van der Waals surface area contributed by atoms with Crippen LogP contribution < -0.4 is 5.32 Å². The van der Waals surface area contributed by atoms with Crippen molar-refractivity contribution >= 4 is 28.9 Å². The number of carboxylic acids is 1. The highest BCUT2D eigenvalue weighted by Crippen LogP contribution is 2.25. The number of aryl methyl sites for hydroxylation is 1. The lowest BCUT2D eigenvalue weighted by atomic mass is 10.1. The number of thiazole rings is 1. The van der Waals surface area contributed by atoms with Gasteiger partial charge in [0.15, 0.2) is 5.69 Å². The number of nitrogens with zero attached hydrogens (tertiary/aromatic N) is 1. The molecule has 0 spiro atoms. The van der Waals surface area contributed by atoms with Gasteiger partial charge in [-0.25, -0.2) is 9.78 Å². The van der Waals surface area contributed by atoms with Crippen molar-refractivity contribution in [2.45, 2.75) is 6.92 Å². The lowest BCUT2D eigenvalue weighted by Crippen LogP contribution is -2.13. The summed E-state index contributed by atoms with van der Waals surface area (Å²) in [6, 6.07) is 14.5. The number of carbonyl (C=O) groups is 2. The Balaban J connectivity index is 1.76. The number of amides is 1. The summed E-state index contributed by atoms with van der Waals surface area (Å²) >= 11 is 1.27. The molecule has 0 radical (unpaired) electrons. The van der Waals surface area contributed by atoms with Crippen molar-refractivity contribution in [2.24, 2.45) is 0 Å². The number of benzene rings is 2. The van der Waals surface area contributed by atoms with Crippen LogP contribution >= 0.6 is 11.3 Å². The maximum atomic E-state index is 12.3. The first-order chi connectivity index (χ1) is 11.5. The highest BCUT2D eigenvalue weighted by Gasteiger charge is 2.11. The van der Waals surface area contributed by atoms with Gasteiger partial charge in [0, 0.05) is 22.2 Å². The molecule has 120 valence electrons. The number of anilines is 1. The van der Waals surface area contributed by atoms with Gasteiger partial charge in [-0.2, -0.15) is 0 Å². The van der Waals surface area contributed by atoms with Crippen LogP contribution in [0.4, 0.5) is 5.69 Å². The van der Waals surface area contributed by atoms with Crippen LogP contribution in [0.3, 0.4) is 0 Å². The SMILES string of the molecule is Cc1ccccc1C(=O)Nc1ccc(-c2nc(C(=O)O)cs2)cc1. The number of hydrogen-bond acceptors (Lipinski definition) is 4. The third-order valence-electron chi connectivity index (χ3n) is 3.50. The van der Waals surface area contributed by atoms with Crippen molar-refractivity contribution in [3.8, 4) is 10.6 Å². The number of carbonyl (C=O) groups excluding carboxylic acids is 1. The van der Waals surface area contributed by atoms with Crippen LogP contribution in [-0.2, 0) is 0 Å². The highest BCUT2D eigenvalue weighted by atomic mass is 32.1. The molecule has 0 fully saturated rings. The second kappa shape index (κ2) is 6.64. The quantitative estimate of drug-likeness (QED) is 0.751. The average Bonchev–Trinajstić information content (AvgIpc) is 3.06. The minimum atomic E-state index is -1.04. The van der Waals surface area contributed by atoms with Gasteiger partial charge in [0.2, 0.25) is 0 Å². The van der Waals surface area contributed by atoms with E-state index in [4.69, 9.17) is 5.11 Å². The molecule has 2 N–H and O–H groups in total. The molecule has 0 atom stereocenters. The number of hydrogen-bond donors (Lipinski definition) is 2. The second-order valence-corrected chi connectivity index (χ2v) is 6.05. The Bertz CT molecular complexity index is 901. The summed E-state index contributed by atoms with van der Waals surface area (Å²) in [7, 11) is 0. The molecule has 6 heteroatoms. The van der Waals surface area contributed by atoms with E-state index in [1.54, 1.807) is 30.3 Å². The van der Waals surface area contributed by atoms with E-state index in [0.717, 1.165) is 11.1 Å². The maximum Gasteiger partial charge on any atom is 0.355 e. The number of rotatable bonds is 4. The molecular formula is C18H14N2O3S. The fourth-order valence-corrected chi connectivity index (χ4v) is 3.03. The Labute approximate surface area is 142 Å². The van der Waals surface area contributed by atoms with Gasteiger partial charge in [-0.15, -0.1) is 11.3 Å². The Morgan fingerprint density at radius 1 is 1.08 bits per heavy atom. The summed E-state index contributed by atoms with van der Waals surface area (Å²) < 4.78 is 0. The third-order valence-corrected chi connectivity index (χ3v) is 4.39. The Morgan fingerprint density at radius 2 is 1.79 bits per heavy atom. The molecule has 3 aromatic rings. The van der Waals surface area contributed by atoms with Crippen LogP contribution in [0.1, 0.15) is 26.4 Å². The fourth-order valence-electron chi connectivity index (χ4n) is 2.23. The molecule has 1 heterocycles. The van der Waals surface area contributed by atoms with Gasteiger partial charge in [0.05, 0.1) is 0 Å². The predicted molar refractivity (Wildman–Crippen MR) is 93.6 cm³/mol. The van der Waals surface area contributed by atoms with E-state index in [9.17, 15) is 9.59 Å². The molecule has 0 unspecified atom stereocenters. The number of aromatic nitrogens is 1. The molecule has 1 aromatic heterocycles. The van der Waals surface area contributed by atoms with Crippen LogP contribution in [0.5, 0.6) is 0 Å². The Hall–Kier alpha value is -2.99. The van der Waals surface area contributed by atoms with Crippen molar-refractivity contribution in [3.05, 3.63) is 70.7 Å². The van der Waals surface area contributed by atoms with Crippen LogP contribution in [0, 0.1) is 6.92 Å². The molecule has 0 saturated carbocycles. The van der Waals surface area contributed by atoms with Gasteiger partial charge in [-0.1, -0.05) is 18.2 Å². The van der Waals surface area contributed by atoms with Crippen LogP contribution in [0.15, 0.2) is 53.9 Å². The van der Waals surface area contributed by atoms with E-state index in [0.29, 0.717) is 16.3 Å². The van der Waals surface area contributed by atoms with Gasteiger partial charge >= 0.3 is 5.97 Å². The summed E-state index contributed by atoms with van der Waals surface area (Å²) in [5.41, 5.74) is 3.05. The standard InChI is InChI=1S/C18H14N2O3S/c1-11-4-2-3-5-14(11)16(21)19-13-8-6-12(7-9-13)17-20-15(10-24-17)18(22)23/h2-10H,1H3,(H,19,21)(H,22,23). The van der Waals surface area contributed by atoms with Gasteiger partial charge in [0.1, 0.15) is 5.01 Å². The lowest BCUT2D eigenvalue weighted by Gasteiger charge is -2.08. The fraction of sp³-hybridized carbons (Fsp3) is 0.0556. The Morgan fingerprint density at radius 3 is 2.42 bits per heavy atom. The van der Waals surface area contributed by atoms with E-state index < -0.39 is 5.97 Å². The van der Waals surface area contributed by atoms with E-state index in [-0.39, 0.29) is 11.6 Å². The van der Waals surface area contributed by atoms with E-state index in [1.165, 1.54) is 16.7 Å². The smallest absolute Gasteiger partial charge is 0.355 e. The first-order valence-corrected chi connectivity index (χ1v) is 8.09. The molecule has 0 bridgehead atoms. The van der Waals surface area contributed by atoms with E-state index in [1.807, 2.05) is 25.1 Å². The summed E-state index contributed by atoms with van der Waals surface area (Å²) in [4.78, 5) is 27.2. The molecular weight excluding hydrogens is 324 g/mol. The minimum Gasteiger partial charge on any atom is -0.476 e. The monoisotopic (exact) mass is 338 g/mol. The molecule has 2 aromatic carbocycles. The third kappa shape index (κ3) is 3.33. The zero-order chi connectivity index (χ0) is 17.1. The van der Waals surface area contributed by atoms with Crippen molar-refractivity contribution in [3.63, 3.8) is 0 Å². The Kier molecular flexibility index (Phi) is 4.39. The van der Waals surface area contributed by atoms with Crippen molar-refractivity contribution < 1.29 is 14.7 Å². The first kappa shape index (κ1) is 15.9. The van der Waals surface area contributed by atoms with Crippen molar-refractivity contribution in [2.75, 3.05) is 5.32 Å². The molecule has 0 aliphatic rings. The van der Waals surface area contributed by atoms with Crippen LogP contribution in [-0.4, -0.2) is 22.0 Å². The summed E-state index contributed by atoms with van der Waals surface area (Å²) in [5.74, 6) is -1.21. The lowest BCUT2D eigenvalue weighted by molar-refractivity contribution is 0.0691. The highest BCUT2D eigenvalue weighted by molar-refractivity contribution is 7.13. The molecule has 3 rings (SSSR count). The molecule has 0 aliphatic carbocycles. The topological polar surface area (TPSA) is 79.3 Å². The van der Waals surface area contributed by atoms with E-state index >= 15 is 0 Å². The number of nitrogens with one attached hydrogen (secondary N) is 1. The normalized spacial score (nSPS) is 10.4. The molecule has 0 aliphatic heterocycles. The zero-order valence-electron chi connectivity index (χ0n) is 12.8. The first-order valence-electron chi connectivity index (χ1n) is 7.21. The predicted octanol–water partition coefficient (Wildman–Crippen LogP) is 4.07. The number of carboxylic acid groups (broad SMARTS) is 1. The van der Waals surface area contributed by atoms with Gasteiger partial charge < -0.3 is 10.4 Å².